The molecule has 0 bridgehead atoms. The van der Waals surface area contributed by atoms with Crippen molar-refractivity contribution in [2.45, 2.75) is 71.1 Å². The van der Waals surface area contributed by atoms with Crippen molar-refractivity contribution in [1.82, 2.24) is 0 Å². The highest BCUT2D eigenvalue weighted by atomic mass is 16.4. The number of hydrogen-bond donors (Lipinski definition) is 2. The molecule has 1 rings (SSSR count). The van der Waals surface area contributed by atoms with E-state index < -0.39 is 5.97 Å². The van der Waals surface area contributed by atoms with Gasteiger partial charge in [0.1, 0.15) is 0 Å². The lowest BCUT2D eigenvalue weighted by Crippen LogP contribution is -2.25. The standard InChI is InChI=1S/C16H31NO2/c1-13(11-15(12-17)16(18)19)7-5-6-10-14-8-3-2-4-9-14/h13-15H,2-12,17H2,1H3,(H,18,19)/t13-,15-/m1/s1. The molecule has 2 atom stereocenters. The molecule has 0 unspecified atom stereocenters. The average molecular weight is 269 g/mol. The largest absolute Gasteiger partial charge is 0.481 e. The molecule has 1 aliphatic rings. The third kappa shape index (κ3) is 6.95. The van der Waals surface area contributed by atoms with Crippen LogP contribution in [0.1, 0.15) is 71.1 Å². The van der Waals surface area contributed by atoms with E-state index in [1.54, 1.807) is 0 Å². The van der Waals surface area contributed by atoms with Crippen molar-refractivity contribution in [1.29, 1.82) is 0 Å². The van der Waals surface area contributed by atoms with Crippen molar-refractivity contribution < 1.29 is 9.90 Å². The summed E-state index contributed by atoms with van der Waals surface area (Å²) in [6.45, 7) is 2.42. The van der Waals surface area contributed by atoms with Crippen LogP contribution in [0.2, 0.25) is 0 Å². The number of unbranched alkanes of at least 4 members (excludes halogenated alkanes) is 1. The molecule has 1 fully saturated rings. The Balaban J connectivity index is 2.06. The molecule has 0 aliphatic heterocycles. The first kappa shape index (κ1) is 16.5. The van der Waals surface area contributed by atoms with Gasteiger partial charge in [0.05, 0.1) is 5.92 Å². The molecule has 0 aromatic heterocycles. The predicted molar refractivity (Wildman–Crippen MR) is 79.0 cm³/mol. The van der Waals surface area contributed by atoms with Crippen LogP contribution in [-0.2, 0) is 4.79 Å². The van der Waals surface area contributed by atoms with Gasteiger partial charge in [0.15, 0.2) is 0 Å². The Kier molecular flexibility index (Phi) is 8.11. The van der Waals surface area contributed by atoms with Crippen molar-refractivity contribution in [3.05, 3.63) is 0 Å². The highest BCUT2D eigenvalue weighted by Gasteiger charge is 2.18. The molecule has 0 radical (unpaired) electrons. The number of nitrogens with two attached hydrogens (primary N) is 1. The van der Waals surface area contributed by atoms with Gasteiger partial charge in [0, 0.05) is 6.54 Å². The molecule has 0 aromatic carbocycles. The van der Waals surface area contributed by atoms with Gasteiger partial charge in [-0.3, -0.25) is 4.79 Å². The normalized spacial score (nSPS) is 20.1. The smallest absolute Gasteiger partial charge is 0.307 e. The zero-order valence-corrected chi connectivity index (χ0v) is 12.4. The predicted octanol–water partition coefficient (Wildman–Crippen LogP) is 3.81. The van der Waals surface area contributed by atoms with Crippen molar-refractivity contribution in [3.8, 4) is 0 Å². The zero-order chi connectivity index (χ0) is 14.1. The summed E-state index contributed by atoms with van der Waals surface area (Å²) in [5.41, 5.74) is 5.49. The quantitative estimate of drug-likeness (QED) is 0.626. The summed E-state index contributed by atoms with van der Waals surface area (Å²) < 4.78 is 0. The van der Waals surface area contributed by atoms with E-state index in [-0.39, 0.29) is 12.5 Å². The number of carbonyl (C=O) groups is 1. The van der Waals surface area contributed by atoms with Gasteiger partial charge in [0.25, 0.3) is 0 Å². The molecule has 112 valence electrons. The molecule has 1 aliphatic carbocycles. The van der Waals surface area contributed by atoms with Crippen LogP contribution in [0.5, 0.6) is 0 Å². The zero-order valence-electron chi connectivity index (χ0n) is 12.4. The van der Waals surface area contributed by atoms with E-state index in [1.807, 2.05) is 0 Å². The minimum Gasteiger partial charge on any atom is -0.481 e. The van der Waals surface area contributed by atoms with E-state index in [9.17, 15) is 4.79 Å². The second-order valence-corrected chi connectivity index (χ2v) is 6.40. The number of carboxylic acid groups (broad SMARTS) is 1. The second kappa shape index (κ2) is 9.35. The molecule has 3 heteroatoms. The van der Waals surface area contributed by atoms with Gasteiger partial charge in [-0.2, -0.15) is 0 Å². The summed E-state index contributed by atoms with van der Waals surface area (Å²) in [5, 5.41) is 8.98. The number of rotatable bonds is 9. The van der Waals surface area contributed by atoms with E-state index in [4.69, 9.17) is 10.8 Å². The van der Waals surface area contributed by atoms with Crippen LogP contribution in [0.15, 0.2) is 0 Å². The minimum absolute atomic E-state index is 0.266. The maximum absolute atomic E-state index is 10.9. The monoisotopic (exact) mass is 269 g/mol. The summed E-state index contributed by atoms with van der Waals surface area (Å²) in [7, 11) is 0. The molecule has 0 heterocycles. The molecular formula is C16H31NO2. The molecule has 19 heavy (non-hydrogen) atoms. The summed E-state index contributed by atoms with van der Waals surface area (Å²) in [6, 6.07) is 0. The Morgan fingerprint density at radius 2 is 1.95 bits per heavy atom. The highest BCUT2D eigenvalue weighted by Crippen LogP contribution is 2.28. The van der Waals surface area contributed by atoms with Crippen molar-refractivity contribution in [2.24, 2.45) is 23.5 Å². The summed E-state index contributed by atoms with van der Waals surface area (Å²) in [6.07, 6.45) is 13.0. The van der Waals surface area contributed by atoms with Gasteiger partial charge >= 0.3 is 5.97 Å². The van der Waals surface area contributed by atoms with Crippen LogP contribution >= 0.6 is 0 Å². The summed E-state index contributed by atoms with van der Waals surface area (Å²) >= 11 is 0. The first-order valence-corrected chi connectivity index (χ1v) is 8.06. The van der Waals surface area contributed by atoms with Crippen molar-refractivity contribution >= 4 is 5.97 Å². The molecule has 0 spiro atoms. The molecule has 1 saturated carbocycles. The van der Waals surface area contributed by atoms with Gasteiger partial charge in [0.2, 0.25) is 0 Å². The molecule has 0 saturated heterocycles. The third-order valence-electron chi connectivity index (χ3n) is 4.60. The Morgan fingerprint density at radius 3 is 2.53 bits per heavy atom. The molecule has 3 nitrogen and oxygen atoms in total. The maximum Gasteiger partial charge on any atom is 0.307 e. The molecule has 3 N–H and O–H groups in total. The molecule has 0 amide bonds. The maximum atomic E-state index is 10.9. The van der Waals surface area contributed by atoms with Gasteiger partial charge < -0.3 is 10.8 Å². The first-order chi connectivity index (χ1) is 9.13. The SMILES string of the molecule is C[C@H](CCCCC1CCCCC1)C[C@H](CN)C(=O)O. The van der Waals surface area contributed by atoms with Gasteiger partial charge in [-0.1, -0.05) is 64.7 Å². The number of carboxylic acids is 1. The van der Waals surface area contributed by atoms with Gasteiger partial charge in [-0.05, 0) is 18.3 Å². The van der Waals surface area contributed by atoms with E-state index >= 15 is 0 Å². The number of aliphatic carboxylic acids is 1. The van der Waals surface area contributed by atoms with E-state index in [1.165, 1.54) is 51.4 Å². The summed E-state index contributed by atoms with van der Waals surface area (Å²) in [4.78, 5) is 10.9. The third-order valence-corrected chi connectivity index (χ3v) is 4.60. The minimum atomic E-state index is -0.739. The highest BCUT2D eigenvalue weighted by molar-refractivity contribution is 5.70. The Hall–Kier alpha value is -0.570. The summed E-state index contributed by atoms with van der Waals surface area (Å²) in [5.74, 6) is 0.362. The van der Waals surface area contributed by atoms with E-state index in [0.717, 1.165) is 18.8 Å². The Bertz CT molecular complexity index is 249. The average Bonchev–Trinajstić information content (AvgIpc) is 2.42. The fourth-order valence-corrected chi connectivity index (χ4v) is 3.30. The lowest BCUT2D eigenvalue weighted by Gasteiger charge is -2.21. The molecule has 0 aromatic rings. The van der Waals surface area contributed by atoms with E-state index in [2.05, 4.69) is 6.92 Å². The van der Waals surface area contributed by atoms with Gasteiger partial charge in [-0.25, -0.2) is 0 Å². The van der Waals surface area contributed by atoms with Crippen LogP contribution < -0.4 is 5.73 Å². The van der Waals surface area contributed by atoms with Crippen LogP contribution in [0, 0.1) is 17.8 Å². The van der Waals surface area contributed by atoms with Crippen LogP contribution in [0.3, 0.4) is 0 Å². The topological polar surface area (TPSA) is 63.3 Å². The fraction of sp³-hybridized carbons (Fsp3) is 0.938. The fourth-order valence-electron chi connectivity index (χ4n) is 3.30. The van der Waals surface area contributed by atoms with Crippen LogP contribution in [0.25, 0.3) is 0 Å². The van der Waals surface area contributed by atoms with Gasteiger partial charge in [-0.15, -0.1) is 0 Å². The first-order valence-electron chi connectivity index (χ1n) is 8.06. The molecular weight excluding hydrogens is 238 g/mol. The second-order valence-electron chi connectivity index (χ2n) is 6.40. The van der Waals surface area contributed by atoms with Crippen molar-refractivity contribution in [2.75, 3.05) is 6.54 Å². The lowest BCUT2D eigenvalue weighted by molar-refractivity contribution is -0.141. The van der Waals surface area contributed by atoms with Crippen LogP contribution in [-0.4, -0.2) is 17.6 Å². The van der Waals surface area contributed by atoms with Crippen molar-refractivity contribution in [3.63, 3.8) is 0 Å². The van der Waals surface area contributed by atoms with Crippen LogP contribution in [0.4, 0.5) is 0 Å². The lowest BCUT2D eigenvalue weighted by atomic mass is 9.85. The van der Waals surface area contributed by atoms with E-state index in [0.29, 0.717) is 5.92 Å². The number of hydrogen-bond acceptors (Lipinski definition) is 2. The Morgan fingerprint density at radius 1 is 1.26 bits per heavy atom. The Labute approximate surface area is 118 Å².